The molecule has 0 atom stereocenters. The molecule has 1 aromatic rings. The number of hydrogen-bond acceptors (Lipinski definition) is 3. The highest BCUT2D eigenvalue weighted by Crippen LogP contribution is 2.30. The molecule has 1 aromatic carbocycles. The van der Waals surface area contributed by atoms with Crippen molar-refractivity contribution in [2.24, 2.45) is 5.14 Å². The van der Waals surface area contributed by atoms with Gasteiger partial charge in [-0.25, -0.2) is 13.6 Å². The molecule has 1 rings (SSSR count). The predicted molar refractivity (Wildman–Crippen MR) is 77.0 cm³/mol. The van der Waals surface area contributed by atoms with E-state index in [1.807, 2.05) is 19.9 Å². The first-order valence-electron chi connectivity index (χ1n) is 6.16. The summed E-state index contributed by atoms with van der Waals surface area (Å²) in [5.41, 5.74) is 2.25. The van der Waals surface area contributed by atoms with Gasteiger partial charge in [0.15, 0.2) is 0 Å². The third-order valence-corrected chi connectivity index (χ3v) is 4.12. The van der Waals surface area contributed by atoms with Crippen molar-refractivity contribution in [1.82, 2.24) is 0 Å². The minimum Gasteiger partial charge on any atom is -0.493 e. The van der Waals surface area contributed by atoms with Crippen molar-refractivity contribution in [2.75, 3.05) is 6.61 Å². The van der Waals surface area contributed by atoms with Gasteiger partial charge in [0, 0.05) is 0 Å². The van der Waals surface area contributed by atoms with Crippen LogP contribution in [0.25, 0.3) is 0 Å². The Morgan fingerprint density at radius 1 is 1.32 bits per heavy atom. The zero-order chi connectivity index (χ0) is 14.6. The SMILES string of the molecule is C=CCCCOc1c(C)cc(S(N)(=O)=O)c(C)c1C. The molecule has 4 nitrogen and oxygen atoms in total. The molecule has 19 heavy (non-hydrogen) atoms. The number of nitrogens with two attached hydrogens (primary N) is 1. The summed E-state index contributed by atoms with van der Waals surface area (Å²) in [7, 11) is -3.69. The highest BCUT2D eigenvalue weighted by Gasteiger charge is 2.18. The Bertz CT molecular complexity index is 577. The Balaban J connectivity index is 3.09. The van der Waals surface area contributed by atoms with E-state index in [9.17, 15) is 8.42 Å². The molecule has 0 saturated carbocycles. The highest BCUT2D eigenvalue weighted by atomic mass is 32.2. The lowest BCUT2D eigenvalue weighted by Crippen LogP contribution is -2.15. The fourth-order valence-electron chi connectivity index (χ4n) is 1.94. The third kappa shape index (κ3) is 3.81. The number of hydrogen-bond donors (Lipinski definition) is 1. The quantitative estimate of drug-likeness (QED) is 0.644. The van der Waals surface area contributed by atoms with Crippen LogP contribution in [0, 0.1) is 20.8 Å². The van der Waals surface area contributed by atoms with Crippen molar-refractivity contribution in [3.63, 3.8) is 0 Å². The van der Waals surface area contributed by atoms with Crippen molar-refractivity contribution >= 4 is 10.0 Å². The van der Waals surface area contributed by atoms with Crippen LogP contribution in [0.3, 0.4) is 0 Å². The fraction of sp³-hybridized carbons (Fsp3) is 0.429. The first-order valence-corrected chi connectivity index (χ1v) is 7.71. The molecule has 0 spiro atoms. The van der Waals surface area contributed by atoms with Gasteiger partial charge in [0.05, 0.1) is 11.5 Å². The average molecular weight is 283 g/mol. The van der Waals surface area contributed by atoms with E-state index in [0.717, 1.165) is 29.7 Å². The molecule has 0 unspecified atom stereocenters. The standard InChI is InChI=1S/C14H21NO3S/c1-5-6-7-8-18-14-10(2)9-13(19(15,16)17)11(3)12(14)4/h5,9H,1,6-8H2,2-4H3,(H2,15,16,17). The van der Waals surface area contributed by atoms with Crippen molar-refractivity contribution in [3.8, 4) is 5.75 Å². The topological polar surface area (TPSA) is 69.4 Å². The molecule has 0 saturated heterocycles. The number of aryl methyl sites for hydroxylation is 1. The van der Waals surface area contributed by atoms with Gasteiger partial charge in [0.25, 0.3) is 0 Å². The molecule has 5 heteroatoms. The van der Waals surface area contributed by atoms with E-state index in [0.29, 0.717) is 12.2 Å². The van der Waals surface area contributed by atoms with Crippen molar-refractivity contribution in [1.29, 1.82) is 0 Å². The normalized spacial score (nSPS) is 11.4. The number of primary sulfonamides is 1. The van der Waals surface area contributed by atoms with Gasteiger partial charge in [0.2, 0.25) is 10.0 Å². The lowest BCUT2D eigenvalue weighted by atomic mass is 10.1. The molecular formula is C14H21NO3S. The summed E-state index contributed by atoms with van der Waals surface area (Å²) in [5, 5.41) is 5.21. The first-order chi connectivity index (χ1) is 8.79. The second kappa shape index (κ2) is 6.21. The largest absolute Gasteiger partial charge is 0.493 e. The van der Waals surface area contributed by atoms with E-state index in [1.165, 1.54) is 0 Å². The second-order valence-electron chi connectivity index (χ2n) is 4.60. The summed E-state index contributed by atoms with van der Waals surface area (Å²) in [6.45, 7) is 9.65. The number of benzene rings is 1. The van der Waals surface area contributed by atoms with Gasteiger partial charge in [-0.15, -0.1) is 6.58 Å². The Hall–Kier alpha value is -1.33. The van der Waals surface area contributed by atoms with E-state index >= 15 is 0 Å². The summed E-state index contributed by atoms with van der Waals surface area (Å²) in [6.07, 6.45) is 3.63. The summed E-state index contributed by atoms with van der Waals surface area (Å²) >= 11 is 0. The van der Waals surface area contributed by atoms with Crippen LogP contribution in [0.5, 0.6) is 5.75 Å². The molecule has 0 radical (unpaired) electrons. The van der Waals surface area contributed by atoms with Crippen LogP contribution >= 0.6 is 0 Å². The average Bonchev–Trinajstić information content (AvgIpc) is 2.31. The zero-order valence-corrected chi connectivity index (χ0v) is 12.5. The van der Waals surface area contributed by atoms with Gasteiger partial charge < -0.3 is 4.74 Å². The van der Waals surface area contributed by atoms with E-state index in [1.54, 1.807) is 13.0 Å². The molecule has 106 valence electrons. The van der Waals surface area contributed by atoms with Crippen molar-refractivity contribution in [3.05, 3.63) is 35.4 Å². The molecule has 0 aliphatic carbocycles. The Morgan fingerprint density at radius 2 is 1.95 bits per heavy atom. The van der Waals surface area contributed by atoms with Gasteiger partial charge in [-0.1, -0.05) is 6.08 Å². The second-order valence-corrected chi connectivity index (χ2v) is 6.12. The van der Waals surface area contributed by atoms with Crippen molar-refractivity contribution < 1.29 is 13.2 Å². The van der Waals surface area contributed by atoms with Crippen LogP contribution in [-0.2, 0) is 10.0 Å². The maximum Gasteiger partial charge on any atom is 0.238 e. The molecule has 0 bridgehead atoms. The van der Waals surface area contributed by atoms with Crippen LogP contribution in [0.1, 0.15) is 29.5 Å². The van der Waals surface area contributed by atoms with E-state index in [2.05, 4.69) is 6.58 Å². The molecule has 0 fully saturated rings. The molecule has 0 amide bonds. The van der Waals surface area contributed by atoms with Gasteiger partial charge in [-0.2, -0.15) is 0 Å². The zero-order valence-electron chi connectivity index (χ0n) is 11.7. The monoisotopic (exact) mass is 283 g/mol. The van der Waals surface area contributed by atoms with Crippen LogP contribution in [0.2, 0.25) is 0 Å². The summed E-state index contributed by atoms with van der Waals surface area (Å²) in [5.74, 6) is 0.744. The Kier molecular flexibility index (Phi) is 5.14. The minimum absolute atomic E-state index is 0.168. The van der Waals surface area contributed by atoms with E-state index in [4.69, 9.17) is 9.88 Å². The Labute approximate surface area is 115 Å². The molecule has 0 heterocycles. The number of rotatable bonds is 6. The molecule has 2 N–H and O–H groups in total. The van der Waals surface area contributed by atoms with Crippen LogP contribution in [0.4, 0.5) is 0 Å². The summed E-state index contributed by atoms with van der Waals surface area (Å²) in [6, 6.07) is 1.57. The maximum absolute atomic E-state index is 11.5. The molecule has 0 aromatic heterocycles. The minimum atomic E-state index is -3.69. The maximum atomic E-state index is 11.5. The van der Waals surface area contributed by atoms with Gasteiger partial charge in [-0.3, -0.25) is 0 Å². The van der Waals surface area contributed by atoms with Gasteiger partial charge in [-0.05, 0) is 56.4 Å². The van der Waals surface area contributed by atoms with E-state index < -0.39 is 10.0 Å². The lowest BCUT2D eigenvalue weighted by Gasteiger charge is -2.16. The summed E-state index contributed by atoms with van der Waals surface area (Å²) < 4.78 is 28.7. The molecular weight excluding hydrogens is 262 g/mol. The lowest BCUT2D eigenvalue weighted by molar-refractivity contribution is 0.307. The van der Waals surface area contributed by atoms with Gasteiger partial charge in [0.1, 0.15) is 5.75 Å². The highest BCUT2D eigenvalue weighted by molar-refractivity contribution is 7.89. The summed E-state index contributed by atoms with van der Waals surface area (Å²) in [4.78, 5) is 0.168. The van der Waals surface area contributed by atoms with Crippen LogP contribution in [0.15, 0.2) is 23.6 Å². The third-order valence-electron chi connectivity index (χ3n) is 3.08. The Morgan fingerprint density at radius 3 is 2.47 bits per heavy atom. The van der Waals surface area contributed by atoms with Crippen LogP contribution in [-0.4, -0.2) is 15.0 Å². The van der Waals surface area contributed by atoms with Gasteiger partial charge >= 0.3 is 0 Å². The van der Waals surface area contributed by atoms with Crippen LogP contribution < -0.4 is 9.88 Å². The predicted octanol–water partition coefficient (Wildman–Crippen LogP) is 2.60. The van der Waals surface area contributed by atoms with Crippen molar-refractivity contribution in [2.45, 2.75) is 38.5 Å². The number of sulfonamides is 1. The molecule has 0 aliphatic heterocycles. The number of allylic oxidation sites excluding steroid dienone is 1. The number of ether oxygens (including phenoxy) is 1. The number of unbranched alkanes of at least 4 members (excludes halogenated alkanes) is 1. The van der Waals surface area contributed by atoms with E-state index in [-0.39, 0.29) is 4.90 Å². The first kappa shape index (κ1) is 15.7. The molecule has 0 aliphatic rings. The fourth-order valence-corrected chi connectivity index (χ4v) is 2.86. The smallest absolute Gasteiger partial charge is 0.238 e.